The highest BCUT2D eigenvalue weighted by Gasteiger charge is 2.04. The maximum atomic E-state index is 11.2. The van der Waals surface area contributed by atoms with Gasteiger partial charge in [-0.15, -0.1) is 0 Å². The monoisotopic (exact) mass is 276 g/mol. The minimum Gasteiger partial charge on any atom is -0.493 e. The number of benzene rings is 1. The Kier molecular flexibility index (Phi) is 6.16. The van der Waals surface area contributed by atoms with Crippen molar-refractivity contribution in [2.75, 3.05) is 13.2 Å². The summed E-state index contributed by atoms with van der Waals surface area (Å²) in [6.07, 6.45) is 1.04. The number of esters is 1. The summed E-state index contributed by atoms with van der Waals surface area (Å²) in [6, 6.07) is 4.96. The summed E-state index contributed by atoms with van der Waals surface area (Å²) in [5, 5.41) is 0.902. The predicted octanol–water partition coefficient (Wildman–Crippen LogP) is 3.72. The highest BCUT2D eigenvalue weighted by molar-refractivity contribution is 6.42. The molecule has 0 bridgehead atoms. The summed E-state index contributed by atoms with van der Waals surface area (Å²) in [6.45, 7) is 2.66. The topological polar surface area (TPSA) is 35.5 Å². The van der Waals surface area contributed by atoms with Gasteiger partial charge in [0, 0.05) is 6.07 Å². The second kappa shape index (κ2) is 7.41. The molecule has 0 radical (unpaired) electrons. The first-order valence-electron chi connectivity index (χ1n) is 5.37. The quantitative estimate of drug-likeness (QED) is 0.743. The van der Waals surface area contributed by atoms with Crippen molar-refractivity contribution in [1.82, 2.24) is 0 Å². The summed E-state index contributed by atoms with van der Waals surface area (Å²) in [7, 11) is 0. The van der Waals surface area contributed by atoms with E-state index in [-0.39, 0.29) is 19.0 Å². The van der Waals surface area contributed by atoms with Crippen molar-refractivity contribution in [1.29, 1.82) is 0 Å². The van der Waals surface area contributed by atoms with Crippen molar-refractivity contribution in [2.24, 2.45) is 0 Å². The molecule has 94 valence electrons. The standard InChI is InChI=1S/C12H14Cl2O3/c1-2-6-17-12(15)5-7-16-9-3-4-10(13)11(14)8-9/h3-4,8H,2,5-7H2,1H3. The molecule has 0 spiro atoms. The summed E-state index contributed by atoms with van der Waals surface area (Å²) >= 11 is 11.6. The van der Waals surface area contributed by atoms with Crippen LogP contribution in [0.1, 0.15) is 19.8 Å². The van der Waals surface area contributed by atoms with Gasteiger partial charge in [-0.1, -0.05) is 30.1 Å². The van der Waals surface area contributed by atoms with Gasteiger partial charge in [0.15, 0.2) is 0 Å². The molecule has 0 saturated heterocycles. The van der Waals surface area contributed by atoms with Crippen molar-refractivity contribution >= 4 is 29.2 Å². The van der Waals surface area contributed by atoms with Gasteiger partial charge in [-0.25, -0.2) is 0 Å². The average molecular weight is 277 g/mol. The number of rotatable bonds is 6. The molecule has 0 atom stereocenters. The second-order valence-corrected chi connectivity index (χ2v) is 4.21. The number of hydrogen-bond acceptors (Lipinski definition) is 3. The third-order valence-corrected chi connectivity index (χ3v) is 2.67. The molecule has 5 heteroatoms. The van der Waals surface area contributed by atoms with Crippen LogP contribution in [0.2, 0.25) is 10.0 Å². The Morgan fingerprint density at radius 2 is 2.00 bits per heavy atom. The highest BCUT2D eigenvalue weighted by Crippen LogP contribution is 2.26. The van der Waals surface area contributed by atoms with Crippen LogP contribution in [0.25, 0.3) is 0 Å². The van der Waals surface area contributed by atoms with Crippen molar-refractivity contribution in [2.45, 2.75) is 19.8 Å². The Morgan fingerprint density at radius 1 is 1.24 bits per heavy atom. The molecule has 0 fully saturated rings. The van der Waals surface area contributed by atoms with Gasteiger partial charge in [-0.2, -0.15) is 0 Å². The lowest BCUT2D eigenvalue weighted by Gasteiger charge is -2.07. The van der Waals surface area contributed by atoms with Gasteiger partial charge in [0.2, 0.25) is 0 Å². The minimum absolute atomic E-state index is 0.222. The fraction of sp³-hybridized carbons (Fsp3) is 0.417. The molecule has 0 N–H and O–H groups in total. The second-order valence-electron chi connectivity index (χ2n) is 3.39. The van der Waals surface area contributed by atoms with Crippen LogP contribution in [-0.2, 0) is 9.53 Å². The first-order chi connectivity index (χ1) is 8.13. The molecule has 1 aromatic carbocycles. The van der Waals surface area contributed by atoms with Crippen molar-refractivity contribution in [3.05, 3.63) is 28.2 Å². The smallest absolute Gasteiger partial charge is 0.309 e. The Hall–Kier alpha value is -0.930. The zero-order chi connectivity index (χ0) is 12.7. The van der Waals surface area contributed by atoms with Gasteiger partial charge in [0.25, 0.3) is 0 Å². The average Bonchev–Trinajstić information content (AvgIpc) is 2.31. The molecule has 1 aromatic rings. The molecule has 1 rings (SSSR count). The molecule has 0 aliphatic rings. The van der Waals surface area contributed by atoms with E-state index in [4.69, 9.17) is 32.7 Å². The van der Waals surface area contributed by atoms with Crippen molar-refractivity contribution in [3.63, 3.8) is 0 Å². The highest BCUT2D eigenvalue weighted by atomic mass is 35.5. The van der Waals surface area contributed by atoms with Crippen LogP contribution < -0.4 is 4.74 Å². The van der Waals surface area contributed by atoms with Crippen LogP contribution in [0.3, 0.4) is 0 Å². The third-order valence-electron chi connectivity index (χ3n) is 1.93. The lowest BCUT2D eigenvalue weighted by Crippen LogP contribution is -2.10. The molecule has 3 nitrogen and oxygen atoms in total. The van der Waals surface area contributed by atoms with E-state index in [1.54, 1.807) is 18.2 Å². The number of carbonyl (C=O) groups excluding carboxylic acids is 1. The summed E-state index contributed by atoms with van der Waals surface area (Å²) in [5.41, 5.74) is 0. The Labute approximate surface area is 111 Å². The van der Waals surface area contributed by atoms with E-state index in [1.165, 1.54) is 0 Å². The predicted molar refractivity (Wildman–Crippen MR) is 67.8 cm³/mol. The largest absolute Gasteiger partial charge is 0.493 e. The van der Waals surface area contributed by atoms with Crippen molar-refractivity contribution in [3.8, 4) is 5.75 Å². The van der Waals surface area contributed by atoms with E-state index in [0.29, 0.717) is 22.4 Å². The number of hydrogen-bond donors (Lipinski definition) is 0. The number of ether oxygens (including phenoxy) is 2. The van der Waals surface area contributed by atoms with E-state index in [0.717, 1.165) is 6.42 Å². The van der Waals surface area contributed by atoms with Crippen LogP contribution in [0.15, 0.2) is 18.2 Å². The van der Waals surface area contributed by atoms with Crippen molar-refractivity contribution < 1.29 is 14.3 Å². The van der Waals surface area contributed by atoms with Gasteiger partial charge >= 0.3 is 5.97 Å². The van der Waals surface area contributed by atoms with E-state index < -0.39 is 0 Å². The van der Waals surface area contributed by atoms with E-state index in [1.807, 2.05) is 6.92 Å². The maximum Gasteiger partial charge on any atom is 0.309 e. The van der Waals surface area contributed by atoms with E-state index in [9.17, 15) is 4.79 Å². The van der Waals surface area contributed by atoms with Crippen LogP contribution >= 0.6 is 23.2 Å². The zero-order valence-electron chi connectivity index (χ0n) is 9.54. The van der Waals surface area contributed by atoms with Crippen LogP contribution in [-0.4, -0.2) is 19.2 Å². The first kappa shape index (κ1) is 14.1. The summed E-state index contributed by atoms with van der Waals surface area (Å²) in [5.74, 6) is 0.328. The fourth-order valence-corrected chi connectivity index (χ4v) is 1.40. The Balaban J connectivity index is 2.30. The maximum absolute atomic E-state index is 11.2. The summed E-state index contributed by atoms with van der Waals surface area (Å²) < 4.78 is 10.3. The molecule has 0 aliphatic heterocycles. The molecule has 0 unspecified atom stereocenters. The van der Waals surface area contributed by atoms with E-state index >= 15 is 0 Å². The Bertz CT molecular complexity index is 380. The third kappa shape index (κ3) is 5.29. The number of halogens is 2. The fourth-order valence-electron chi connectivity index (χ4n) is 1.11. The van der Waals surface area contributed by atoms with Crippen LogP contribution in [0, 0.1) is 0 Å². The summed E-state index contributed by atoms with van der Waals surface area (Å²) in [4.78, 5) is 11.2. The number of carbonyl (C=O) groups is 1. The van der Waals surface area contributed by atoms with Gasteiger partial charge in [0.05, 0.1) is 29.7 Å². The molecule has 0 saturated carbocycles. The molecule has 0 heterocycles. The molecule has 0 aliphatic carbocycles. The SMILES string of the molecule is CCCOC(=O)CCOc1ccc(Cl)c(Cl)c1. The molecule has 17 heavy (non-hydrogen) atoms. The zero-order valence-corrected chi connectivity index (χ0v) is 11.1. The minimum atomic E-state index is -0.257. The van der Waals surface area contributed by atoms with Gasteiger partial charge in [-0.05, 0) is 18.6 Å². The Morgan fingerprint density at radius 3 is 2.65 bits per heavy atom. The lowest BCUT2D eigenvalue weighted by atomic mass is 10.3. The first-order valence-corrected chi connectivity index (χ1v) is 6.12. The van der Waals surface area contributed by atoms with Gasteiger partial charge < -0.3 is 9.47 Å². The van der Waals surface area contributed by atoms with Crippen LogP contribution in [0.4, 0.5) is 0 Å². The lowest BCUT2D eigenvalue weighted by molar-refractivity contribution is -0.144. The normalized spacial score (nSPS) is 10.1. The molecule has 0 aromatic heterocycles. The van der Waals surface area contributed by atoms with Gasteiger partial charge in [0.1, 0.15) is 5.75 Å². The molecule has 0 amide bonds. The van der Waals surface area contributed by atoms with E-state index in [2.05, 4.69) is 0 Å². The molecular formula is C12H14Cl2O3. The molecular weight excluding hydrogens is 263 g/mol. The van der Waals surface area contributed by atoms with Crippen LogP contribution in [0.5, 0.6) is 5.75 Å². The van der Waals surface area contributed by atoms with Gasteiger partial charge in [-0.3, -0.25) is 4.79 Å².